The molecule has 0 amide bonds. The minimum atomic E-state index is 0.486. The topological polar surface area (TPSA) is 37.4 Å². The lowest BCUT2D eigenvalue weighted by Crippen LogP contribution is -2.44. The van der Waals surface area contributed by atoms with Crippen molar-refractivity contribution in [2.45, 2.75) is 71.0 Å². The Morgan fingerprint density at radius 1 is 1.03 bits per heavy atom. The molecule has 5 heteroatoms. The predicted octanol–water partition coefficient (Wildman–Crippen LogP) is 5.47. The lowest BCUT2D eigenvalue weighted by atomic mass is 9.97. The Bertz CT molecular complexity index is 728. The van der Waals surface area contributed by atoms with E-state index in [4.69, 9.17) is 17.0 Å². The minimum absolute atomic E-state index is 0.486. The first-order valence-electron chi connectivity index (χ1n) is 10.9. The number of pyridine rings is 1. The van der Waals surface area contributed by atoms with E-state index >= 15 is 0 Å². The Hall–Kier alpha value is -2.14. The first-order valence-corrected chi connectivity index (χ1v) is 11.3. The molecule has 2 aromatic rings. The zero-order valence-corrected chi connectivity index (χ0v) is 18.3. The Morgan fingerprint density at radius 2 is 1.72 bits per heavy atom. The summed E-state index contributed by atoms with van der Waals surface area (Å²) < 4.78 is 5.57. The van der Waals surface area contributed by atoms with Crippen molar-refractivity contribution < 1.29 is 4.74 Å². The lowest BCUT2D eigenvalue weighted by Gasteiger charge is -2.30. The molecule has 0 bridgehead atoms. The van der Waals surface area contributed by atoms with E-state index in [1.165, 1.54) is 56.1 Å². The minimum Gasteiger partial charge on any atom is -0.494 e. The molecule has 3 rings (SSSR count). The summed E-state index contributed by atoms with van der Waals surface area (Å²) in [7, 11) is 0. The molecule has 1 aliphatic carbocycles. The molecule has 4 nitrogen and oxygen atoms in total. The van der Waals surface area contributed by atoms with E-state index in [0.29, 0.717) is 12.6 Å². The maximum absolute atomic E-state index is 5.87. The van der Waals surface area contributed by atoms with Crippen molar-refractivity contribution in [2.24, 2.45) is 0 Å². The van der Waals surface area contributed by atoms with E-state index in [2.05, 4.69) is 33.4 Å². The van der Waals surface area contributed by atoms with Gasteiger partial charge in [0.1, 0.15) is 5.75 Å². The van der Waals surface area contributed by atoms with Crippen LogP contribution in [-0.4, -0.2) is 27.6 Å². The molecule has 1 aromatic heterocycles. The van der Waals surface area contributed by atoms with Crippen LogP contribution in [0.1, 0.15) is 63.0 Å². The molecule has 0 unspecified atom stereocenters. The van der Waals surface area contributed by atoms with Gasteiger partial charge in [0, 0.05) is 31.5 Å². The summed E-state index contributed by atoms with van der Waals surface area (Å²) in [6.45, 7) is 4.20. The summed E-state index contributed by atoms with van der Waals surface area (Å²) in [4.78, 5) is 6.52. The van der Waals surface area contributed by atoms with Gasteiger partial charge in [-0.15, -0.1) is 0 Å². The van der Waals surface area contributed by atoms with Gasteiger partial charge >= 0.3 is 0 Å². The molecular formula is C24H33N3OS. The summed E-state index contributed by atoms with van der Waals surface area (Å²) in [5.41, 5.74) is 2.39. The molecule has 1 heterocycles. The molecule has 1 N–H and O–H groups in total. The highest BCUT2D eigenvalue weighted by Crippen LogP contribution is 2.19. The Kier molecular flexibility index (Phi) is 8.75. The normalized spacial score (nSPS) is 15.2. The van der Waals surface area contributed by atoms with Crippen molar-refractivity contribution in [2.75, 3.05) is 6.61 Å². The quantitative estimate of drug-likeness (QED) is 0.612. The first kappa shape index (κ1) is 21.6. The molecule has 0 atom stereocenters. The van der Waals surface area contributed by atoms with Gasteiger partial charge in [-0.25, -0.2) is 0 Å². The lowest BCUT2D eigenvalue weighted by molar-refractivity contribution is 0.339. The van der Waals surface area contributed by atoms with Gasteiger partial charge in [-0.05, 0) is 61.3 Å². The van der Waals surface area contributed by atoms with Crippen LogP contribution in [-0.2, 0) is 13.1 Å². The van der Waals surface area contributed by atoms with E-state index < -0.39 is 0 Å². The summed E-state index contributed by atoms with van der Waals surface area (Å²) in [5.74, 6) is 0.908. The van der Waals surface area contributed by atoms with Gasteiger partial charge in [0.15, 0.2) is 5.11 Å². The second kappa shape index (κ2) is 11.8. The molecule has 0 aliphatic heterocycles. The first-order chi connectivity index (χ1) is 14.2. The fourth-order valence-electron chi connectivity index (χ4n) is 3.86. The zero-order valence-electron chi connectivity index (χ0n) is 17.5. The van der Waals surface area contributed by atoms with Crippen LogP contribution in [0.4, 0.5) is 0 Å². The van der Waals surface area contributed by atoms with E-state index in [9.17, 15) is 0 Å². The number of ether oxygens (including phenoxy) is 1. The Labute approximate surface area is 180 Å². The molecule has 29 heavy (non-hydrogen) atoms. The molecule has 0 saturated heterocycles. The molecule has 1 aliphatic rings. The summed E-state index contributed by atoms with van der Waals surface area (Å²) in [6, 6.07) is 12.9. The van der Waals surface area contributed by atoms with Crippen molar-refractivity contribution in [1.29, 1.82) is 0 Å². The van der Waals surface area contributed by atoms with Gasteiger partial charge in [0.05, 0.1) is 6.61 Å². The van der Waals surface area contributed by atoms with Crippen molar-refractivity contribution >= 4 is 17.3 Å². The highest BCUT2D eigenvalue weighted by molar-refractivity contribution is 7.80. The molecule has 156 valence electrons. The number of nitrogens with one attached hydrogen (secondary N) is 1. The van der Waals surface area contributed by atoms with Gasteiger partial charge in [-0.1, -0.05) is 50.3 Å². The van der Waals surface area contributed by atoms with E-state index in [1.807, 2.05) is 37.5 Å². The second-order valence-corrected chi connectivity index (χ2v) is 8.17. The maximum atomic E-state index is 5.87. The molecule has 1 aromatic carbocycles. The van der Waals surface area contributed by atoms with Crippen LogP contribution in [0.2, 0.25) is 0 Å². The number of aromatic nitrogens is 1. The van der Waals surface area contributed by atoms with Crippen LogP contribution in [0.25, 0.3) is 0 Å². The van der Waals surface area contributed by atoms with Crippen molar-refractivity contribution in [3.63, 3.8) is 0 Å². The van der Waals surface area contributed by atoms with Crippen molar-refractivity contribution in [3.8, 4) is 5.75 Å². The average Bonchev–Trinajstić information content (AvgIpc) is 2.72. The largest absolute Gasteiger partial charge is 0.494 e. The van der Waals surface area contributed by atoms with Gasteiger partial charge in [0.2, 0.25) is 0 Å². The SMILES string of the molecule is CCOc1ccc(CN(Cc2cccnc2)C(=S)NC2CCCCCCC2)cc1. The van der Waals surface area contributed by atoms with Crippen LogP contribution in [0, 0.1) is 0 Å². The monoisotopic (exact) mass is 411 g/mol. The smallest absolute Gasteiger partial charge is 0.169 e. The summed E-state index contributed by atoms with van der Waals surface area (Å²) in [5, 5.41) is 4.51. The second-order valence-electron chi connectivity index (χ2n) is 7.79. The van der Waals surface area contributed by atoms with Gasteiger partial charge in [-0.2, -0.15) is 0 Å². The van der Waals surface area contributed by atoms with Crippen LogP contribution >= 0.6 is 12.2 Å². The van der Waals surface area contributed by atoms with E-state index in [1.54, 1.807) is 0 Å². The predicted molar refractivity (Wildman–Crippen MR) is 123 cm³/mol. The zero-order chi connectivity index (χ0) is 20.3. The third-order valence-electron chi connectivity index (χ3n) is 5.42. The molecule has 1 saturated carbocycles. The van der Waals surface area contributed by atoms with E-state index in [0.717, 1.165) is 24.0 Å². The van der Waals surface area contributed by atoms with Gasteiger partial charge in [-0.3, -0.25) is 4.98 Å². The van der Waals surface area contributed by atoms with Crippen LogP contribution in [0.15, 0.2) is 48.8 Å². The van der Waals surface area contributed by atoms with E-state index in [-0.39, 0.29) is 0 Å². The van der Waals surface area contributed by atoms with Crippen LogP contribution < -0.4 is 10.1 Å². The van der Waals surface area contributed by atoms with Crippen LogP contribution in [0.3, 0.4) is 0 Å². The molecule has 0 spiro atoms. The highest BCUT2D eigenvalue weighted by Gasteiger charge is 2.17. The number of thiocarbonyl (C=S) groups is 1. The van der Waals surface area contributed by atoms with Crippen molar-refractivity contribution in [1.82, 2.24) is 15.2 Å². The maximum Gasteiger partial charge on any atom is 0.169 e. The Balaban J connectivity index is 1.68. The number of hydrogen-bond donors (Lipinski definition) is 1. The number of hydrogen-bond acceptors (Lipinski definition) is 3. The number of nitrogens with zero attached hydrogens (tertiary/aromatic N) is 2. The highest BCUT2D eigenvalue weighted by atomic mass is 32.1. The standard InChI is InChI=1S/C24H33N3OS/c1-2-28-23-14-12-20(13-15-23)18-27(19-21-9-8-16-25-17-21)24(29)26-22-10-6-4-3-5-7-11-22/h8-9,12-17,22H,2-7,10-11,18-19H2,1H3,(H,26,29). The third kappa shape index (κ3) is 7.32. The fraction of sp³-hybridized carbons (Fsp3) is 0.500. The fourth-order valence-corrected chi connectivity index (χ4v) is 4.15. The average molecular weight is 412 g/mol. The Morgan fingerprint density at radius 3 is 2.38 bits per heavy atom. The van der Waals surface area contributed by atoms with Gasteiger partial charge < -0.3 is 15.0 Å². The molecule has 0 radical (unpaired) electrons. The number of benzene rings is 1. The third-order valence-corrected chi connectivity index (χ3v) is 5.80. The van der Waals surface area contributed by atoms with Crippen molar-refractivity contribution in [3.05, 3.63) is 59.9 Å². The summed E-state index contributed by atoms with van der Waals surface area (Å²) in [6.07, 6.45) is 12.8. The van der Waals surface area contributed by atoms with Crippen LogP contribution in [0.5, 0.6) is 5.75 Å². The number of rotatable bonds is 7. The molecule has 1 fully saturated rings. The van der Waals surface area contributed by atoms with Gasteiger partial charge in [0.25, 0.3) is 0 Å². The molecular weight excluding hydrogens is 378 g/mol. The summed E-state index contributed by atoms with van der Waals surface area (Å²) >= 11 is 5.87.